The van der Waals surface area contributed by atoms with Gasteiger partial charge >= 0.3 is 0 Å². The van der Waals surface area contributed by atoms with Crippen LogP contribution in [0.2, 0.25) is 0 Å². The van der Waals surface area contributed by atoms with E-state index < -0.39 is 0 Å². The van der Waals surface area contributed by atoms with Crippen LogP contribution in [0.25, 0.3) is 11.0 Å². The molecular formula is C16H16N4O. The highest BCUT2D eigenvalue weighted by molar-refractivity contribution is 5.75. The molecule has 0 atom stereocenters. The number of anilines is 1. The number of nitrogens with zero attached hydrogens (tertiary/aromatic N) is 4. The molecule has 0 bridgehead atoms. The van der Waals surface area contributed by atoms with Crippen LogP contribution in [-0.2, 0) is 6.54 Å². The molecule has 0 amide bonds. The van der Waals surface area contributed by atoms with Crippen molar-refractivity contribution in [3.63, 3.8) is 0 Å². The Morgan fingerprint density at radius 3 is 2.62 bits per heavy atom. The Balaban J connectivity index is 1.91. The molecular weight excluding hydrogens is 264 g/mol. The first-order chi connectivity index (χ1) is 10.4. The average Bonchev–Trinajstić information content (AvgIpc) is 2.55. The number of pyridine rings is 1. The van der Waals surface area contributed by atoms with Crippen molar-refractivity contribution >= 4 is 16.9 Å². The summed E-state index contributed by atoms with van der Waals surface area (Å²) < 4.78 is 0. The monoisotopic (exact) mass is 280 g/mol. The Hall–Kier alpha value is -2.53. The molecule has 21 heavy (non-hydrogen) atoms. The van der Waals surface area contributed by atoms with Crippen LogP contribution in [0.4, 0.5) is 5.82 Å². The molecule has 5 heteroatoms. The molecule has 0 aliphatic heterocycles. The maximum absolute atomic E-state index is 9.28. The Morgan fingerprint density at radius 1 is 1.00 bits per heavy atom. The van der Waals surface area contributed by atoms with Gasteiger partial charge in [-0.1, -0.05) is 18.2 Å². The maximum atomic E-state index is 9.28. The van der Waals surface area contributed by atoms with Crippen LogP contribution in [0.3, 0.4) is 0 Å². The Labute approximate surface area is 122 Å². The lowest BCUT2D eigenvalue weighted by Crippen LogP contribution is -2.27. The second kappa shape index (κ2) is 6.28. The van der Waals surface area contributed by atoms with Gasteiger partial charge in [0, 0.05) is 25.5 Å². The summed E-state index contributed by atoms with van der Waals surface area (Å²) in [7, 11) is 0. The second-order valence-electron chi connectivity index (χ2n) is 4.72. The van der Waals surface area contributed by atoms with Gasteiger partial charge in [0.1, 0.15) is 5.82 Å². The van der Waals surface area contributed by atoms with Gasteiger partial charge in [-0.3, -0.25) is 9.97 Å². The number of rotatable bonds is 5. The number of aliphatic hydroxyl groups is 1. The lowest BCUT2D eigenvalue weighted by molar-refractivity contribution is 0.301. The number of para-hydroxylation sites is 2. The summed E-state index contributed by atoms with van der Waals surface area (Å²) in [5, 5.41) is 9.28. The molecule has 0 radical (unpaired) electrons. The zero-order chi connectivity index (χ0) is 14.5. The van der Waals surface area contributed by atoms with Gasteiger partial charge in [0.15, 0.2) is 0 Å². The molecule has 0 saturated carbocycles. The van der Waals surface area contributed by atoms with Crippen molar-refractivity contribution in [2.24, 2.45) is 0 Å². The fourth-order valence-corrected chi connectivity index (χ4v) is 2.21. The lowest BCUT2D eigenvalue weighted by atomic mass is 10.2. The SMILES string of the molecule is OCCN(Cc1cccnc1)c1cnc2ccccc2n1. The van der Waals surface area contributed by atoms with Gasteiger partial charge in [-0.15, -0.1) is 0 Å². The van der Waals surface area contributed by atoms with E-state index in [0.29, 0.717) is 13.1 Å². The molecule has 0 saturated heterocycles. The first-order valence-corrected chi connectivity index (χ1v) is 6.83. The lowest BCUT2D eigenvalue weighted by Gasteiger charge is -2.22. The number of fused-ring (bicyclic) bond motifs is 1. The van der Waals surface area contributed by atoms with E-state index in [0.717, 1.165) is 22.4 Å². The summed E-state index contributed by atoms with van der Waals surface area (Å²) in [4.78, 5) is 15.2. The molecule has 0 aliphatic carbocycles. The third kappa shape index (κ3) is 3.14. The largest absolute Gasteiger partial charge is 0.395 e. The zero-order valence-electron chi connectivity index (χ0n) is 11.6. The quantitative estimate of drug-likeness (QED) is 0.774. The smallest absolute Gasteiger partial charge is 0.148 e. The number of hydrogen-bond acceptors (Lipinski definition) is 5. The summed E-state index contributed by atoms with van der Waals surface area (Å²) in [5.74, 6) is 0.756. The van der Waals surface area contributed by atoms with Gasteiger partial charge in [-0.05, 0) is 23.8 Å². The minimum atomic E-state index is 0.0643. The van der Waals surface area contributed by atoms with E-state index in [1.54, 1.807) is 12.4 Å². The summed E-state index contributed by atoms with van der Waals surface area (Å²) in [6.07, 6.45) is 5.31. The van der Waals surface area contributed by atoms with E-state index >= 15 is 0 Å². The van der Waals surface area contributed by atoms with E-state index in [9.17, 15) is 5.11 Å². The van der Waals surface area contributed by atoms with Crippen LogP contribution in [-0.4, -0.2) is 33.2 Å². The highest BCUT2D eigenvalue weighted by Crippen LogP contribution is 2.17. The van der Waals surface area contributed by atoms with Crippen molar-refractivity contribution < 1.29 is 5.11 Å². The van der Waals surface area contributed by atoms with Crippen molar-refractivity contribution in [2.75, 3.05) is 18.1 Å². The molecule has 0 fully saturated rings. The van der Waals surface area contributed by atoms with Crippen molar-refractivity contribution in [3.05, 3.63) is 60.6 Å². The van der Waals surface area contributed by atoms with Gasteiger partial charge in [0.25, 0.3) is 0 Å². The van der Waals surface area contributed by atoms with Crippen LogP contribution >= 0.6 is 0 Å². The number of hydrogen-bond donors (Lipinski definition) is 1. The van der Waals surface area contributed by atoms with Gasteiger partial charge < -0.3 is 10.0 Å². The van der Waals surface area contributed by atoms with Crippen molar-refractivity contribution in [2.45, 2.75) is 6.54 Å². The molecule has 0 spiro atoms. The molecule has 5 nitrogen and oxygen atoms in total. The number of aromatic nitrogens is 3. The van der Waals surface area contributed by atoms with Crippen molar-refractivity contribution in [3.8, 4) is 0 Å². The summed E-state index contributed by atoms with van der Waals surface area (Å²) in [6.45, 7) is 1.21. The first kappa shape index (κ1) is 13.5. The fraction of sp³-hybridized carbons (Fsp3) is 0.188. The summed E-state index contributed by atoms with van der Waals surface area (Å²) in [6, 6.07) is 11.7. The molecule has 3 aromatic rings. The van der Waals surface area contributed by atoms with Gasteiger partial charge in [-0.25, -0.2) is 4.98 Å². The topological polar surface area (TPSA) is 62.1 Å². The average molecular weight is 280 g/mol. The molecule has 0 aliphatic rings. The summed E-state index contributed by atoms with van der Waals surface area (Å²) >= 11 is 0. The van der Waals surface area contributed by atoms with E-state index in [-0.39, 0.29) is 6.61 Å². The number of benzene rings is 1. The molecule has 2 aromatic heterocycles. The first-order valence-electron chi connectivity index (χ1n) is 6.83. The standard InChI is InChI=1S/C16H16N4O/c21-9-8-20(12-13-4-3-7-17-10-13)16-11-18-14-5-1-2-6-15(14)19-16/h1-7,10-11,21H,8-9,12H2. The number of aliphatic hydroxyl groups excluding tert-OH is 1. The maximum Gasteiger partial charge on any atom is 0.148 e. The molecule has 0 unspecified atom stereocenters. The minimum Gasteiger partial charge on any atom is -0.395 e. The molecule has 2 heterocycles. The Morgan fingerprint density at radius 2 is 1.86 bits per heavy atom. The van der Waals surface area contributed by atoms with Crippen LogP contribution in [0.5, 0.6) is 0 Å². The fourth-order valence-electron chi connectivity index (χ4n) is 2.21. The van der Waals surface area contributed by atoms with Gasteiger partial charge in [0.2, 0.25) is 0 Å². The second-order valence-corrected chi connectivity index (χ2v) is 4.72. The van der Waals surface area contributed by atoms with Gasteiger partial charge in [0.05, 0.1) is 23.8 Å². The van der Waals surface area contributed by atoms with Crippen LogP contribution in [0, 0.1) is 0 Å². The third-order valence-electron chi connectivity index (χ3n) is 3.23. The summed E-state index contributed by atoms with van der Waals surface area (Å²) in [5.41, 5.74) is 2.79. The molecule has 106 valence electrons. The zero-order valence-corrected chi connectivity index (χ0v) is 11.6. The van der Waals surface area contributed by atoms with Crippen LogP contribution < -0.4 is 4.90 Å². The van der Waals surface area contributed by atoms with Crippen LogP contribution in [0.15, 0.2) is 55.0 Å². The van der Waals surface area contributed by atoms with E-state index in [2.05, 4.69) is 15.0 Å². The van der Waals surface area contributed by atoms with E-state index in [1.807, 2.05) is 47.5 Å². The Kier molecular flexibility index (Phi) is 4.02. The highest BCUT2D eigenvalue weighted by Gasteiger charge is 2.10. The molecule has 1 aromatic carbocycles. The van der Waals surface area contributed by atoms with Gasteiger partial charge in [-0.2, -0.15) is 0 Å². The van der Waals surface area contributed by atoms with E-state index in [1.165, 1.54) is 0 Å². The minimum absolute atomic E-state index is 0.0643. The van der Waals surface area contributed by atoms with Crippen LogP contribution in [0.1, 0.15) is 5.56 Å². The van der Waals surface area contributed by atoms with E-state index in [4.69, 9.17) is 0 Å². The predicted molar refractivity (Wildman–Crippen MR) is 81.9 cm³/mol. The third-order valence-corrected chi connectivity index (χ3v) is 3.23. The molecule has 1 N–H and O–H groups in total. The Bertz CT molecular complexity index is 718. The predicted octanol–water partition coefficient (Wildman–Crippen LogP) is 2.02. The van der Waals surface area contributed by atoms with Crippen molar-refractivity contribution in [1.29, 1.82) is 0 Å². The molecule has 3 rings (SSSR count). The highest BCUT2D eigenvalue weighted by atomic mass is 16.3. The van der Waals surface area contributed by atoms with Crippen molar-refractivity contribution in [1.82, 2.24) is 15.0 Å². The normalized spacial score (nSPS) is 10.7.